The second kappa shape index (κ2) is 6.36. The molecule has 108 valence electrons. The van der Waals surface area contributed by atoms with Gasteiger partial charge in [-0.05, 0) is 11.6 Å². The highest BCUT2D eigenvalue weighted by atomic mass is 32.2. The number of rotatable bonds is 6. The van der Waals surface area contributed by atoms with Gasteiger partial charge in [0.15, 0.2) is 0 Å². The summed E-state index contributed by atoms with van der Waals surface area (Å²) >= 11 is 0. The lowest BCUT2D eigenvalue weighted by atomic mass is 10.1. The molecular weight excluding hydrogens is 281 g/mol. The average Bonchev–Trinajstić information content (AvgIpc) is 2.26. The molecule has 0 saturated carbocycles. The topological polar surface area (TPSA) is 58.2 Å². The van der Waals surface area contributed by atoms with Gasteiger partial charge in [-0.15, -0.1) is 0 Å². The zero-order valence-corrected chi connectivity index (χ0v) is 11.1. The van der Waals surface area contributed by atoms with E-state index in [0.717, 1.165) is 18.4 Å². The lowest BCUT2D eigenvalue weighted by Gasteiger charge is -2.09. The Bertz CT molecular complexity index is 515. The second-order valence-corrected chi connectivity index (χ2v) is 5.87. The standard InChI is InChI=1S/C11H15F3N2O2S/c1-19(17,18)16-6-5-15-8-9-3-2-4-10(7-9)11(12,13)14/h2-4,7,15-16H,5-6,8H2,1H3. The molecule has 0 amide bonds. The van der Waals surface area contributed by atoms with Crippen LogP contribution < -0.4 is 10.0 Å². The number of benzene rings is 1. The van der Waals surface area contributed by atoms with Crippen LogP contribution in [0.15, 0.2) is 24.3 Å². The molecule has 19 heavy (non-hydrogen) atoms. The molecule has 0 aliphatic rings. The van der Waals surface area contributed by atoms with Crippen LogP contribution in [0.1, 0.15) is 11.1 Å². The van der Waals surface area contributed by atoms with Crippen LogP contribution in [0.3, 0.4) is 0 Å². The van der Waals surface area contributed by atoms with Crippen molar-refractivity contribution in [1.82, 2.24) is 10.0 Å². The zero-order chi connectivity index (χ0) is 14.5. The molecule has 4 nitrogen and oxygen atoms in total. The van der Waals surface area contributed by atoms with Crippen molar-refractivity contribution in [2.75, 3.05) is 19.3 Å². The van der Waals surface area contributed by atoms with E-state index in [-0.39, 0.29) is 13.1 Å². The highest BCUT2D eigenvalue weighted by Crippen LogP contribution is 2.29. The maximum atomic E-state index is 12.4. The van der Waals surface area contributed by atoms with Gasteiger partial charge in [-0.3, -0.25) is 0 Å². The number of halogens is 3. The van der Waals surface area contributed by atoms with Crippen LogP contribution in [0.4, 0.5) is 13.2 Å². The lowest BCUT2D eigenvalue weighted by Crippen LogP contribution is -2.30. The van der Waals surface area contributed by atoms with Crippen LogP contribution in [0, 0.1) is 0 Å². The fourth-order valence-corrected chi connectivity index (χ4v) is 1.89. The Morgan fingerprint density at radius 3 is 2.47 bits per heavy atom. The number of hydrogen-bond donors (Lipinski definition) is 2. The summed E-state index contributed by atoms with van der Waals surface area (Å²) in [5.41, 5.74) is -0.199. The summed E-state index contributed by atoms with van der Waals surface area (Å²) < 4.78 is 61.1. The molecule has 0 radical (unpaired) electrons. The van der Waals surface area contributed by atoms with Crippen LogP contribution in [-0.4, -0.2) is 27.8 Å². The van der Waals surface area contributed by atoms with E-state index in [2.05, 4.69) is 10.0 Å². The average molecular weight is 296 g/mol. The first-order valence-electron chi connectivity index (χ1n) is 5.50. The molecule has 8 heteroatoms. The van der Waals surface area contributed by atoms with Crippen molar-refractivity contribution in [2.45, 2.75) is 12.7 Å². The third-order valence-electron chi connectivity index (χ3n) is 2.25. The van der Waals surface area contributed by atoms with Gasteiger partial charge < -0.3 is 5.32 Å². The minimum absolute atomic E-state index is 0.192. The van der Waals surface area contributed by atoms with Crippen LogP contribution in [0.2, 0.25) is 0 Å². The van der Waals surface area contributed by atoms with E-state index < -0.39 is 21.8 Å². The molecule has 0 aliphatic heterocycles. The molecule has 0 heterocycles. The van der Waals surface area contributed by atoms with Crippen LogP contribution in [-0.2, 0) is 22.7 Å². The van der Waals surface area contributed by atoms with Crippen molar-refractivity contribution < 1.29 is 21.6 Å². The molecule has 0 spiro atoms. The van der Waals surface area contributed by atoms with Gasteiger partial charge in [-0.1, -0.05) is 18.2 Å². The van der Waals surface area contributed by atoms with Crippen LogP contribution >= 0.6 is 0 Å². The van der Waals surface area contributed by atoms with E-state index in [1.807, 2.05) is 0 Å². The van der Waals surface area contributed by atoms with Gasteiger partial charge in [-0.25, -0.2) is 13.1 Å². The van der Waals surface area contributed by atoms with Crippen molar-refractivity contribution in [2.24, 2.45) is 0 Å². The Balaban J connectivity index is 2.42. The summed E-state index contributed by atoms with van der Waals surface area (Å²) in [7, 11) is -3.23. The number of sulfonamides is 1. The molecule has 0 fully saturated rings. The van der Waals surface area contributed by atoms with Gasteiger partial charge >= 0.3 is 6.18 Å². The molecule has 1 rings (SSSR count). The Hall–Kier alpha value is -1.12. The van der Waals surface area contributed by atoms with E-state index in [1.54, 1.807) is 6.07 Å². The Kier molecular flexibility index (Phi) is 5.33. The van der Waals surface area contributed by atoms with E-state index in [1.165, 1.54) is 6.07 Å². The molecule has 0 atom stereocenters. The monoisotopic (exact) mass is 296 g/mol. The second-order valence-electron chi connectivity index (χ2n) is 4.04. The highest BCUT2D eigenvalue weighted by molar-refractivity contribution is 7.88. The van der Waals surface area contributed by atoms with E-state index in [0.29, 0.717) is 12.1 Å². The van der Waals surface area contributed by atoms with Gasteiger partial charge in [0, 0.05) is 19.6 Å². The van der Waals surface area contributed by atoms with Crippen LogP contribution in [0.25, 0.3) is 0 Å². The van der Waals surface area contributed by atoms with Crippen molar-refractivity contribution in [3.05, 3.63) is 35.4 Å². The smallest absolute Gasteiger partial charge is 0.311 e. The summed E-state index contributed by atoms with van der Waals surface area (Å²) in [5, 5.41) is 2.86. The Morgan fingerprint density at radius 2 is 1.89 bits per heavy atom. The van der Waals surface area contributed by atoms with Gasteiger partial charge in [0.1, 0.15) is 0 Å². The first-order valence-corrected chi connectivity index (χ1v) is 7.39. The summed E-state index contributed by atoms with van der Waals surface area (Å²) in [6, 6.07) is 4.99. The number of nitrogens with one attached hydrogen (secondary N) is 2. The fraction of sp³-hybridized carbons (Fsp3) is 0.455. The molecule has 0 bridgehead atoms. The third kappa shape index (κ3) is 6.55. The summed E-state index contributed by atoms with van der Waals surface area (Å²) in [5.74, 6) is 0. The van der Waals surface area contributed by atoms with Crippen molar-refractivity contribution in [1.29, 1.82) is 0 Å². The Morgan fingerprint density at radius 1 is 1.21 bits per heavy atom. The quantitative estimate of drug-likeness (QED) is 0.779. The van der Waals surface area contributed by atoms with Crippen molar-refractivity contribution in [3.63, 3.8) is 0 Å². The molecule has 0 saturated heterocycles. The molecule has 0 aliphatic carbocycles. The SMILES string of the molecule is CS(=O)(=O)NCCNCc1cccc(C(F)(F)F)c1. The van der Waals surface area contributed by atoms with E-state index >= 15 is 0 Å². The minimum Gasteiger partial charge on any atom is -0.311 e. The maximum absolute atomic E-state index is 12.4. The van der Waals surface area contributed by atoms with Crippen molar-refractivity contribution in [3.8, 4) is 0 Å². The first-order chi connectivity index (χ1) is 8.68. The molecule has 1 aromatic carbocycles. The van der Waals surface area contributed by atoms with Gasteiger partial charge in [-0.2, -0.15) is 13.2 Å². The largest absolute Gasteiger partial charge is 0.416 e. The van der Waals surface area contributed by atoms with E-state index in [4.69, 9.17) is 0 Å². The van der Waals surface area contributed by atoms with Crippen LogP contribution in [0.5, 0.6) is 0 Å². The summed E-state index contributed by atoms with van der Waals surface area (Å²) in [6.45, 7) is 0.774. The van der Waals surface area contributed by atoms with Gasteiger partial charge in [0.2, 0.25) is 10.0 Å². The molecule has 2 N–H and O–H groups in total. The predicted octanol–water partition coefficient (Wildman–Crippen LogP) is 1.34. The number of hydrogen-bond acceptors (Lipinski definition) is 3. The lowest BCUT2D eigenvalue weighted by molar-refractivity contribution is -0.137. The van der Waals surface area contributed by atoms with Gasteiger partial charge in [0.05, 0.1) is 11.8 Å². The maximum Gasteiger partial charge on any atom is 0.416 e. The van der Waals surface area contributed by atoms with Gasteiger partial charge in [0.25, 0.3) is 0 Å². The summed E-state index contributed by atoms with van der Waals surface area (Å²) in [4.78, 5) is 0. The number of alkyl halides is 3. The normalized spacial score (nSPS) is 12.6. The van der Waals surface area contributed by atoms with E-state index in [9.17, 15) is 21.6 Å². The molecular formula is C11H15F3N2O2S. The molecule has 0 unspecified atom stereocenters. The predicted molar refractivity (Wildman–Crippen MR) is 66.0 cm³/mol. The zero-order valence-electron chi connectivity index (χ0n) is 10.3. The first kappa shape index (κ1) is 15.9. The third-order valence-corrected chi connectivity index (χ3v) is 2.98. The fourth-order valence-electron chi connectivity index (χ4n) is 1.42. The molecule has 1 aromatic rings. The Labute approximate surface area is 110 Å². The summed E-state index contributed by atoms with van der Waals surface area (Å²) in [6.07, 6.45) is -3.31. The minimum atomic E-state index is -4.35. The van der Waals surface area contributed by atoms with Crippen molar-refractivity contribution >= 4 is 10.0 Å². The molecule has 0 aromatic heterocycles. The highest BCUT2D eigenvalue weighted by Gasteiger charge is 2.30.